The van der Waals surface area contributed by atoms with Crippen LogP contribution >= 0.6 is 0 Å². The maximum absolute atomic E-state index is 0. The molecular formula is U10. The third kappa shape index (κ3) is 51.4. The predicted molar refractivity (Wildman–Crippen MR) is 0 cm³/mol. The van der Waals surface area contributed by atoms with Gasteiger partial charge in [0.1, 0.15) is 0 Å². The van der Waals surface area contributed by atoms with E-state index in [0.717, 1.165) is 0 Å². The summed E-state index contributed by atoms with van der Waals surface area (Å²) in [7, 11) is 0. The Morgan fingerprint density at radius 2 is 0.100 bits per heavy atom. The minimum Gasteiger partial charge on any atom is 0 e. The number of hydrogen-bond donors (Lipinski definition) is 0. The van der Waals surface area contributed by atoms with Gasteiger partial charge in [-0.2, -0.15) is 0 Å². The van der Waals surface area contributed by atoms with Crippen molar-refractivity contribution in [2.24, 2.45) is 0 Å². The van der Waals surface area contributed by atoms with Gasteiger partial charge >= 0.3 is 0 Å². The van der Waals surface area contributed by atoms with Gasteiger partial charge in [0.05, 0.1) is 0 Å². The van der Waals surface area contributed by atoms with E-state index in [1.54, 1.807) is 0 Å². The van der Waals surface area contributed by atoms with Crippen molar-refractivity contribution in [1.82, 2.24) is 0 Å². The van der Waals surface area contributed by atoms with Crippen molar-refractivity contribution in [3.63, 3.8) is 0 Å². The van der Waals surface area contributed by atoms with Crippen molar-refractivity contribution in [2.75, 3.05) is 0 Å². The van der Waals surface area contributed by atoms with E-state index in [-0.39, 0.29) is 311 Å². The van der Waals surface area contributed by atoms with Crippen LogP contribution in [0.15, 0.2) is 0 Å². The first-order valence-corrected chi connectivity index (χ1v) is 0. The Morgan fingerprint density at radius 3 is 0.100 bits per heavy atom. The van der Waals surface area contributed by atoms with Crippen LogP contribution in [0.3, 0.4) is 0 Å². The van der Waals surface area contributed by atoms with E-state index in [1.807, 2.05) is 0 Å². The topological polar surface area (TPSA) is 0 Å². The number of hydrogen-bond acceptors (Lipinski definition) is 0. The average molecular weight is 2380 g/mol. The maximum Gasteiger partial charge on any atom is 0 e. The summed E-state index contributed by atoms with van der Waals surface area (Å²) in [4.78, 5) is 0. The van der Waals surface area contributed by atoms with Gasteiger partial charge in [-0.05, 0) is 0 Å². The Balaban J connectivity index is 0. The summed E-state index contributed by atoms with van der Waals surface area (Å²) in [5.41, 5.74) is 0. The Labute approximate surface area is 300 Å². The second kappa shape index (κ2) is 60.5. The quantitative estimate of drug-likeness (QED) is 0.321. The van der Waals surface area contributed by atoms with Crippen LogP contribution in [-0.4, -0.2) is 0 Å². The molecule has 0 heterocycles. The van der Waals surface area contributed by atoms with Crippen LogP contribution in [0.1, 0.15) is 0 Å². The molecule has 0 aromatic heterocycles. The molecule has 0 amide bonds. The van der Waals surface area contributed by atoms with Crippen LogP contribution < -0.4 is 0 Å². The van der Waals surface area contributed by atoms with Crippen LogP contribution in [0.2, 0.25) is 0 Å². The van der Waals surface area contributed by atoms with E-state index in [4.69, 9.17) is 0 Å². The minimum absolute atomic E-state index is 0. The van der Waals surface area contributed by atoms with Gasteiger partial charge in [-0.1, -0.05) is 0 Å². The molecule has 0 nitrogen and oxygen atoms in total. The van der Waals surface area contributed by atoms with Gasteiger partial charge in [0.25, 0.3) is 0 Å². The second-order valence-electron chi connectivity index (χ2n) is 0. The predicted octanol–water partition coefficient (Wildman–Crippen LogP) is 0. The molecular weight excluding hydrogens is 2380 g/mol. The molecule has 0 aliphatic carbocycles. The standard InChI is InChI=1S/10U. The monoisotopic (exact) mass is 2380 g/mol. The Hall–Kier alpha value is 10.5. The molecule has 0 unspecified atom stereocenters. The molecule has 0 fully saturated rings. The first kappa shape index (κ1) is 70.7. The maximum atomic E-state index is 0. The van der Waals surface area contributed by atoms with Crippen molar-refractivity contribution in [3.05, 3.63) is 0 Å². The summed E-state index contributed by atoms with van der Waals surface area (Å²) < 4.78 is 0. The third-order valence-electron chi connectivity index (χ3n) is 0. The zero-order chi connectivity index (χ0) is 0. The van der Waals surface area contributed by atoms with Crippen molar-refractivity contribution < 1.29 is 311 Å². The molecule has 10 heavy (non-hydrogen) atoms. The van der Waals surface area contributed by atoms with E-state index < -0.39 is 0 Å². The van der Waals surface area contributed by atoms with Crippen LogP contribution in [0.5, 0.6) is 0 Å². The van der Waals surface area contributed by atoms with Crippen LogP contribution in [-0.2, 0) is 0 Å². The zero-order valence-corrected chi connectivity index (χ0v) is 46.6. The first-order chi connectivity index (χ1) is 0. The SMILES string of the molecule is [U].[U].[U].[U].[U].[U].[U].[U].[U].[U]. The molecule has 10 heteroatoms. The molecule has 40 valence electrons. The third-order valence-corrected chi connectivity index (χ3v) is 0. The molecule has 0 saturated heterocycles. The molecule has 0 atom stereocenters. The van der Waals surface area contributed by atoms with Gasteiger partial charge in [-0.15, -0.1) is 0 Å². The Kier molecular flexibility index (Phi) is 427. The second-order valence-corrected chi connectivity index (χ2v) is 0. The van der Waals surface area contributed by atoms with Crippen molar-refractivity contribution in [3.8, 4) is 0 Å². The van der Waals surface area contributed by atoms with Crippen LogP contribution in [0.25, 0.3) is 0 Å². The van der Waals surface area contributed by atoms with E-state index in [0.29, 0.717) is 0 Å². The largest absolute Gasteiger partial charge is 0 e. The smallest absolute Gasteiger partial charge is 0 e. The Morgan fingerprint density at radius 1 is 0.100 bits per heavy atom. The molecule has 0 saturated carbocycles. The van der Waals surface area contributed by atoms with Crippen LogP contribution in [0.4, 0.5) is 0 Å². The number of rotatable bonds is 0. The van der Waals surface area contributed by atoms with E-state index in [2.05, 4.69) is 0 Å². The zero-order valence-electron chi connectivity index (χ0n) is 5.00. The molecule has 0 aromatic carbocycles. The molecule has 0 aliphatic heterocycles. The normalized spacial score (nSPS) is 0. The van der Waals surface area contributed by atoms with Crippen LogP contribution in [0, 0.1) is 311 Å². The fourth-order valence-corrected chi connectivity index (χ4v) is 0. The van der Waals surface area contributed by atoms with Crippen molar-refractivity contribution in [1.29, 1.82) is 0 Å². The summed E-state index contributed by atoms with van der Waals surface area (Å²) in [6, 6.07) is 0. The summed E-state index contributed by atoms with van der Waals surface area (Å²) in [5.74, 6) is 0. The molecule has 0 N–H and O–H groups in total. The van der Waals surface area contributed by atoms with Crippen molar-refractivity contribution >= 4 is 0 Å². The average Bonchev–Trinajstić information content (AvgIpc) is 0. The molecule has 0 spiro atoms. The summed E-state index contributed by atoms with van der Waals surface area (Å²) in [6.07, 6.45) is 0. The van der Waals surface area contributed by atoms with Crippen molar-refractivity contribution in [2.45, 2.75) is 0 Å². The van der Waals surface area contributed by atoms with E-state index in [9.17, 15) is 0 Å². The molecule has 0 bridgehead atoms. The fourth-order valence-electron chi connectivity index (χ4n) is 0. The summed E-state index contributed by atoms with van der Waals surface area (Å²) in [6.45, 7) is 0. The molecule has 0 rings (SSSR count). The summed E-state index contributed by atoms with van der Waals surface area (Å²) >= 11 is 0. The van der Waals surface area contributed by atoms with Gasteiger partial charge in [-0.3, -0.25) is 0 Å². The van der Waals surface area contributed by atoms with Gasteiger partial charge in [0.2, 0.25) is 0 Å². The minimum atomic E-state index is 0. The van der Waals surface area contributed by atoms with Gasteiger partial charge in [0, 0.05) is 311 Å². The van der Waals surface area contributed by atoms with Gasteiger partial charge in [0.15, 0.2) is 0 Å². The first-order valence-electron chi connectivity index (χ1n) is 0. The molecule has 0 aromatic rings. The van der Waals surface area contributed by atoms with E-state index >= 15 is 0 Å². The van der Waals surface area contributed by atoms with Gasteiger partial charge in [-0.25, -0.2) is 0 Å². The molecule has 0 radical (unpaired) electrons. The van der Waals surface area contributed by atoms with Gasteiger partial charge < -0.3 is 0 Å². The van der Waals surface area contributed by atoms with E-state index in [1.165, 1.54) is 0 Å². The summed E-state index contributed by atoms with van der Waals surface area (Å²) in [5, 5.41) is 0. The molecule has 0 aliphatic rings. The Bertz CT molecular complexity index is 0. The fraction of sp³-hybridized carbons (Fsp3) is 0.